The van der Waals surface area contributed by atoms with Crippen LogP contribution in [0.15, 0.2) is 57.3 Å². The average molecular weight is 417 g/mol. The first kappa shape index (κ1) is 19.1. The fourth-order valence-electron chi connectivity index (χ4n) is 3.27. The van der Waals surface area contributed by atoms with E-state index in [0.29, 0.717) is 35.2 Å². The number of fused-ring (bicyclic) bond motifs is 1. The van der Waals surface area contributed by atoms with E-state index in [1.165, 1.54) is 28.3 Å². The molecule has 1 fully saturated rings. The Balaban J connectivity index is 1.50. The maximum absolute atomic E-state index is 12.5. The molecule has 9 heteroatoms. The molecule has 0 bridgehead atoms. The van der Waals surface area contributed by atoms with Crippen molar-refractivity contribution < 1.29 is 8.42 Å². The van der Waals surface area contributed by atoms with Crippen LogP contribution < -0.4 is 5.56 Å². The van der Waals surface area contributed by atoms with Crippen molar-refractivity contribution >= 4 is 27.4 Å². The zero-order valence-electron chi connectivity index (χ0n) is 15.4. The van der Waals surface area contributed by atoms with E-state index in [9.17, 15) is 13.2 Å². The first-order chi connectivity index (χ1) is 13.4. The van der Waals surface area contributed by atoms with Gasteiger partial charge in [0.2, 0.25) is 10.0 Å². The minimum absolute atomic E-state index is 0.112. The third-order valence-corrected chi connectivity index (χ3v) is 7.57. The van der Waals surface area contributed by atoms with Gasteiger partial charge in [0.1, 0.15) is 10.5 Å². The molecule has 28 heavy (non-hydrogen) atoms. The molecular formula is C19H20N4O3S2. The van der Waals surface area contributed by atoms with Crippen molar-refractivity contribution in [3.8, 4) is 0 Å². The van der Waals surface area contributed by atoms with Gasteiger partial charge in [-0.25, -0.2) is 18.4 Å². The van der Waals surface area contributed by atoms with Crippen LogP contribution in [-0.4, -0.2) is 40.2 Å². The number of hydrogen-bond donors (Lipinski definition) is 0. The van der Waals surface area contributed by atoms with E-state index in [2.05, 4.69) is 9.97 Å². The van der Waals surface area contributed by atoms with Crippen LogP contribution in [0.4, 0.5) is 0 Å². The van der Waals surface area contributed by atoms with Crippen LogP contribution in [0.3, 0.4) is 0 Å². The predicted octanol–water partition coefficient (Wildman–Crippen LogP) is 2.47. The normalized spacial score (nSPS) is 15.3. The van der Waals surface area contributed by atoms with Crippen LogP contribution in [-0.2, 0) is 15.8 Å². The van der Waals surface area contributed by atoms with Crippen LogP contribution in [0.1, 0.15) is 24.2 Å². The molecule has 0 N–H and O–H groups in total. The summed E-state index contributed by atoms with van der Waals surface area (Å²) in [4.78, 5) is 21.4. The Bertz CT molecular complexity index is 1170. The van der Waals surface area contributed by atoms with Gasteiger partial charge in [0.05, 0.1) is 10.7 Å². The molecule has 4 heterocycles. The SMILES string of the molecule is Cc1cccc2nc(CSc3ccc(S(=O)(=O)N4CCCC4)cn3)cc(=O)n12. The monoisotopic (exact) mass is 416 g/mol. The fraction of sp³-hybridized carbons (Fsp3) is 0.316. The summed E-state index contributed by atoms with van der Waals surface area (Å²) in [6, 6.07) is 10.4. The molecule has 0 aliphatic carbocycles. The number of hydrogen-bond acceptors (Lipinski definition) is 6. The summed E-state index contributed by atoms with van der Waals surface area (Å²) in [7, 11) is -3.45. The number of aryl methyl sites for hydroxylation is 1. The van der Waals surface area contributed by atoms with E-state index in [4.69, 9.17) is 0 Å². The summed E-state index contributed by atoms with van der Waals surface area (Å²) in [5.74, 6) is 0.477. The smallest absolute Gasteiger partial charge is 0.258 e. The van der Waals surface area contributed by atoms with Crippen molar-refractivity contribution in [2.24, 2.45) is 0 Å². The van der Waals surface area contributed by atoms with Crippen LogP contribution >= 0.6 is 11.8 Å². The predicted molar refractivity (Wildman–Crippen MR) is 108 cm³/mol. The van der Waals surface area contributed by atoms with Gasteiger partial charge in [-0.2, -0.15) is 4.31 Å². The highest BCUT2D eigenvalue weighted by molar-refractivity contribution is 7.98. The van der Waals surface area contributed by atoms with Crippen molar-refractivity contribution in [1.82, 2.24) is 18.7 Å². The minimum atomic E-state index is -3.45. The Morgan fingerprint density at radius 3 is 2.64 bits per heavy atom. The quantitative estimate of drug-likeness (QED) is 0.594. The molecule has 146 valence electrons. The lowest BCUT2D eigenvalue weighted by molar-refractivity contribution is 0.477. The van der Waals surface area contributed by atoms with Gasteiger partial charge in [-0.05, 0) is 44.0 Å². The van der Waals surface area contributed by atoms with E-state index in [1.807, 2.05) is 19.1 Å². The third kappa shape index (κ3) is 3.69. The molecule has 3 aromatic heterocycles. The molecule has 3 aromatic rings. The van der Waals surface area contributed by atoms with Crippen molar-refractivity contribution in [3.05, 3.63) is 64.3 Å². The Labute approximate surface area is 167 Å². The van der Waals surface area contributed by atoms with Crippen LogP contribution in [0.2, 0.25) is 0 Å². The van der Waals surface area contributed by atoms with Gasteiger partial charge in [-0.15, -0.1) is 11.8 Å². The number of sulfonamides is 1. The number of thioether (sulfide) groups is 1. The summed E-state index contributed by atoms with van der Waals surface area (Å²) >= 11 is 1.42. The highest BCUT2D eigenvalue weighted by Crippen LogP contribution is 2.24. The summed E-state index contributed by atoms with van der Waals surface area (Å²) in [6.45, 7) is 3.01. The molecule has 7 nitrogen and oxygen atoms in total. The fourth-order valence-corrected chi connectivity index (χ4v) is 5.47. The number of pyridine rings is 2. The van der Waals surface area contributed by atoms with Crippen molar-refractivity contribution in [2.75, 3.05) is 13.1 Å². The first-order valence-corrected chi connectivity index (χ1v) is 11.4. The van der Waals surface area contributed by atoms with E-state index in [-0.39, 0.29) is 10.5 Å². The van der Waals surface area contributed by atoms with E-state index in [0.717, 1.165) is 18.5 Å². The lowest BCUT2D eigenvalue weighted by Crippen LogP contribution is -2.27. The third-order valence-electron chi connectivity index (χ3n) is 4.71. The molecule has 0 amide bonds. The van der Waals surface area contributed by atoms with Crippen LogP contribution in [0.25, 0.3) is 5.65 Å². The lowest BCUT2D eigenvalue weighted by Gasteiger charge is -2.15. The highest BCUT2D eigenvalue weighted by Gasteiger charge is 2.27. The average Bonchev–Trinajstić information content (AvgIpc) is 3.22. The van der Waals surface area contributed by atoms with Crippen LogP contribution in [0.5, 0.6) is 0 Å². The second-order valence-corrected chi connectivity index (χ2v) is 9.61. The molecule has 1 aliphatic rings. The van der Waals surface area contributed by atoms with Gasteiger partial charge in [0.25, 0.3) is 5.56 Å². The molecule has 0 spiro atoms. The highest BCUT2D eigenvalue weighted by atomic mass is 32.2. The summed E-state index contributed by atoms with van der Waals surface area (Å²) in [5.41, 5.74) is 2.00. The molecular weight excluding hydrogens is 396 g/mol. The van der Waals surface area contributed by atoms with E-state index in [1.54, 1.807) is 22.6 Å². The largest absolute Gasteiger partial charge is 0.269 e. The van der Waals surface area contributed by atoms with Gasteiger partial charge in [-0.1, -0.05) is 6.07 Å². The molecule has 1 saturated heterocycles. The van der Waals surface area contributed by atoms with Gasteiger partial charge in [0.15, 0.2) is 0 Å². The number of nitrogens with zero attached hydrogens (tertiary/aromatic N) is 4. The Morgan fingerprint density at radius 2 is 1.93 bits per heavy atom. The Kier molecular flexibility index (Phi) is 5.22. The molecule has 0 atom stereocenters. The molecule has 1 aliphatic heterocycles. The maximum Gasteiger partial charge on any atom is 0.258 e. The molecule has 4 rings (SSSR count). The molecule has 0 aromatic carbocycles. The number of aromatic nitrogens is 3. The zero-order valence-corrected chi connectivity index (χ0v) is 17.0. The zero-order chi connectivity index (χ0) is 19.7. The topological polar surface area (TPSA) is 84.6 Å². The van der Waals surface area contributed by atoms with Gasteiger partial charge >= 0.3 is 0 Å². The molecule has 0 saturated carbocycles. The number of rotatable bonds is 5. The van der Waals surface area contributed by atoms with Gasteiger partial charge in [0, 0.05) is 36.8 Å². The second-order valence-electron chi connectivity index (χ2n) is 6.68. The van der Waals surface area contributed by atoms with E-state index >= 15 is 0 Å². The van der Waals surface area contributed by atoms with Crippen molar-refractivity contribution in [2.45, 2.75) is 35.4 Å². The second kappa shape index (κ2) is 7.65. The van der Waals surface area contributed by atoms with E-state index < -0.39 is 10.0 Å². The van der Waals surface area contributed by atoms with Gasteiger partial charge < -0.3 is 0 Å². The maximum atomic E-state index is 12.5. The van der Waals surface area contributed by atoms with Crippen LogP contribution in [0, 0.1) is 6.92 Å². The summed E-state index contributed by atoms with van der Waals surface area (Å²) in [6.07, 6.45) is 3.21. The molecule has 0 unspecified atom stereocenters. The van der Waals surface area contributed by atoms with Crippen molar-refractivity contribution in [1.29, 1.82) is 0 Å². The minimum Gasteiger partial charge on any atom is -0.269 e. The summed E-state index contributed by atoms with van der Waals surface area (Å²) < 4.78 is 28.2. The van der Waals surface area contributed by atoms with Gasteiger partial charge in [-0.3, -0.25) is 9.20 Å². The Morgan fingerprint density at radius 1 is 1.14 bits per heavy atom. The first-order valence-electron chi connectivity index (χ1n) is 9.02. The van der Waals surface area contributed by atoms with Crippen molar-refractivity contribution in [3.63, 3.8) is 0 Å². The Hall–Kier alpha value is -2.23. The lowest BCUT2D eigenvalue weighted by atomic mass is 10.3. The standard InChI is InChI=1S/C19H20N4O3S2/c1-14-5-4-6-17-21-15(11-19(24)23(14)17)13-27-18-8-7-16(12-20-18)28(25,26)22-9-2-3-10-22/h4-8,11-12H,2-3,9-10,13H2,1H3. The summed E-state index contributed by atoms with van der Waals surface area (Å²) in [5, 5.41) is 0.687. The molecule has 0 radical (unpaired) electrons.